The summed E-state index contributed by atoms with van der Waals surface area (Å²) in [6.45, 7) is 3.90. The van der Waals surface area contributed by atoms with Crippen LogP contribution in [0.4, 0.5) is 0 Å². The summed E-state index contributed by atoms with van der Waals surface area (Å²) in [5, 5.41) is 9.06. The summed E-state index contributed by atoms with van der Waals surface area (Å²) >= 11 is 0. The fourth-order valence-electron chi connectivity index (χ4n) is 2.99. The lowest BCUT2D eigenvalue weighted by Crippen LogP contribution is -2.38. The van der Waals surface area contributed by atoms with Gasteiger partial charge in [-0.15, -0.1) is 0 Å². The molecule has 1 aliphatic rings. The van der Waals surface area contributed by atoms with E-state index in [1.807, 2.05) is 12.1 Å². The monoisotopic (exact) mass is 277 g/mol. The molecule has 0 aromatic heterocycles. The van der Waals surface area contributed by atoms with Gasteiger partial charge in [0.05, 0.1) is 13.0 Å². The Morgan fingerprint density at radius 1 is 1.35 bits per heavy atom. The molecule has 110 valence electrons. The third-order valence-electron chi connectivity index (χ3n) is 4.21. The first-order valence-electron chi connectivity index (χ1n) is 7.26. The van der Waals surface area contributed by atoms with Gasteiger partial charge in [0.2, 0.25) is 0 Å². The van der Waals surface area contributed by atoms with Crippen molar-refractivity contribution in [2.45, 2.75) is 32.2 Å². The van der Waals surface area contributed by atoms with Gasteiger partial charge in [-0.1, -0.05) is 19.1 Å². The predicted molar refractivity (Wildman–Crippen MR) is 78.0 cm³/mol. The lowest BCUT2D eigenvalue weighted by Gasteiger charge is -2.36. The molecule has 1 fully saturated rings. The molecular weight excluding hydrogens is 254 g/mol. The molecule has 0 amide bonds. The van der Waals surface area contributed by atoms with E-state index in [9.17, 15) is 4.79 Å². The molecule has 1 aromatic carbocycles. The number of carbonyl (C=O) groups is 1. The van der Waals surface area contributed by atoms with Crippen LogP contribution in [0.25, 0.3) is 0 Å². The minimum Gasteiger partial charge on any atom is -0.497 e. The van der Waals surface area contributed by atoms with Crippen LogP contribution >= 0.6 is 0 Å². The number of aliphatic carboxylic acids is 1. The minimum absolute atomic E-state index is 0.167. The Bertz CT molecular complexity index is 436. The van der Waals surface area contributed by atoms with E-state index in [1.54, 1.807) is 7.11 Å². The van der Waals surface area contributed by atoms with Gasteiger partial charge in [-0.25, -0.2) is 0 Å². The number of piperidine rings is 1. The summed E-state index contributed by atoms with van der Waals surface area (Å²) in [6, 6.07) is 8.56. The molecule has 1 atom stereocenters. The Labute approximate surface area is 120 Å². The van der Waals surface area contributed by atoms with E-state index in [-0.39, 0.29) is 5.92 Å². The number of hydrogen-bond acceptors (Lipinski definition) is 3. The average molecular weight is 277 g/mol. The number of methoxy groups -OCH3 is 1. The second-order valence-corrected chi connectivity index (χ2v) is 5.35. The lowest BCUT2D eigenvalue weighted by atomic mass is 9.93. The van der Waals surface area contributed by atoms with Crippen LogP contribution in [0.3, 0.4) is 0 Å². The third-order valence-corrected chi connectivity index (χ3v) is 4.21. The summed E-state index contributed by atoms with van der Waals surface area (Å²) in [5.74, 6) is 0.0509. The number of nitrogens with zero attached hydrogens (tertiary/aromatic N) is 1. The Kier molecular flexibility index (Phi) is 5.01. The molecule has 1 N–H and O–H groups in total. The quantitative estimate of drug-likeness (QED) is 0.899. The van der Waals surface area contributed by atoms with Gasteiger partial charge in [0.25, 0.3) is 0 Å². The maximum atomic E-state index is 11.0. The molecule has 0 saturated carbocycles. The first-order valence-corrected chi connectivity index (χ1v) is 7.26. The number of hydrogen-bond donors (Lipinski definition) is 1. The van der Waals surface area contributed by atoms with E-state index < -0.39 is 5.97 Å². The topological polar surface area (TPSA) is 49.8 Å². The van der Waals surface area contributed by atoms with Crippen LogP contribution in [0.5, 0.6) is 5.75 Å². The molecule has 0 bridgehead atoms. The summed E-state index contributed by atoms with van der Waals surface area (Å²) in [4.78, 5) is 13.4. The number of carboxylic acids is 1. The molecule has 2 rings (SSSR count). The van der Waals surface area contributed by atoms with E-state index in [0.717, 1.165) is 38.1 Å². The van der Waals surface area contributed by atoms with Crippen molar-refractivity contribution in [1.82, 2.24) is 4.90 Å². The average Bonchev–Trinajstić information content (AvgIpc) is 2.49. The second kappa shape index (κ2) is 6.75. The Hall–Kier alpha value is -1.55. The van der Waals surface area contributed by atoms with Gasteiger partial charge < -0.3 is 9.84 Å². The van der Waals surface area contributed by atoms with Crippen molar-refractivity contribution in [3.8, 4) is 5.75 Å². The first kappa shape index (κ1) is 14.9. The van der Waals surface area contributed by atoms with Crippen LogP contribution in [-0.4, -0.2) is 36.2 Å². The highest BCUT2D eigenvalue weighted by molar-refractivity contribution is 5.70. The van der Waals surface area contributed by atoms with E-state index in [1.165, 1.54) is 5.56 Å². The highest BCUT2D eigenvalue weighted by atomic mass is 16.5. The summed E-state index contributed by atoms with van der Waals surface area (Å²) in [6.07, 6.45) is 2.54. The second-order valence-electron chi connectivity index (χ2n) is 5.35. The largest absolute Gasteiger partial charge is 0.497 e. The fourth-order valence-corrected chi connectivity index (χ4v) is 2.99. The summed E-state index contributed by atoms with van der Waals surface area (Å²) in [7, 11) is 1.67. The van der Waals surface area contributed by atoms with Gasteiger partial charge in [0.1, 0.15) is 5.75 Å². The zero-order valence-electron chi connectivity index (χ0n) is 12.2. The Morgan fingerprint density at radius 3 is 2.40 bits per heavy atom. The van der Waals surface area contributed by atoms with Crippen molar-refractivity contribution in [2.75, 3.05) is 20.2 Å². The molecule has 4 nitrogen and oxygen atoms in total. The number of ether oxygens (including phenoxy) is 1. The molecule has 0 radical (unpaired) electrons. The van der Waals surface area contributed by atoms with E-state index in [2.05, 4.69) is 24.0 Å². The van der Waals surface area contributed by atoms with Gasteiger partial charge in [-0.3, -0.25) is 9.69 Å². The van der Waals surface area contributed by atoms with Crippen LogP contribution < -0.4 is 4.74 Å². The first-order chi connectivity index (χ1) is 9.65. The molecular formula is C16H23NO3. The number of likely N-dealkylation sites (tertiary alicyclic amines) is 1. The van der Waals surface area contributed by atoms with Gasteiger partial charge in [0, 0.05) is 6.04 Å². The zero-order chi connectivity index (χ0) is 14.5. The van der Waals surface area contributed by atoms with Crippen molar-refractivity contribution in [3.63, 3.8) is 0 Å². The van der Waals surface area contributed by atoms with Crippen molar-refractivity contribution in [2.24, 2.45) is 5.92 Å². The molecule has 1 saturated heterocycles. The summed E-state index contributed by atoms with van der Waals surface area (Å²) < 4.78 is 5.19. The molecule has 4 heteroatoms. The van der Waals surface area contributed by atoms with Crippen molar-refractivity contribution in [1.29, 1.82) is 0 Å². The highest BCUT2D eigenvalue weighted by Gasteiger charge is 2.28. The van der Waals surface area contributed by atoms with Crippen LogP contribution in [0.15, 0.2) is 24.3 Å². The maximum absolute atomic E-state index is 11.0. The van der Waals surface area contributed by atoms with E-state index in [4.69, 9.17) is 9.84 Å². The van der Waals surface area contributed by atoms with Crippen molar-refractivity contribution < 1.29 is 14.6 Å². The van der Waals surface area contributed by atoms with Gasteiger partial charge in [0.15, 0.2) is 0 Å². The van der Waals surface area contributed by atoms with E-state index in [0.29, 0.717) is 6.04 Å². The highest BCUT2D eigenvalue weighted by Crippen LogP contribution is 2.30. The molecule has 0 aliphatic carbocycles. The normalized spacial score (nSPS) is 18.7. The number of benzene rings is 1. The molecule has 1 aliphatic heterocycles. The van der Waals surface area contributed by atoms with Crippen LogP contribution in [0, 0.1) is 5.92 Å². The fraction of sp³-hybridized carbons (Fsp3) is 0.562. The Morgan fingerprint density at radius 2 is 1.95 bits per heavy atom. The Balaban J connectivity index is 2.03. The number of rotatable bonds is 5. The molecule has 20 heavy (non-hydrogen) atoms. The standard InChI is InChI=1S/C16H23NO3/c1-3-15(12-4-6-14(20-2)7-5-12)17-10-8-13(9-11-17)16(18)19/h4-7,13,15H,3,8-11H2,1-2H3,(H,18,19). The van der Waals surface area contributed by atoms with E-state index >= 15 is 0 Å². The lowest BCUT2D eigenvalue weighted by molar-refractivity contribution is -0.143. The molecule has 1 unspecified atom stereocenters. The third kappa shape index (κ3) is 3.31. The molecule has 0 spiro atoms. The van der Waals surface area contributed by atoms with Crippen LogP contribution in [0.2, 0.25) is 0 Å². The van der Waals surface area contributed by atoms with Crippen LogP contribution in [-0.2, 0) is 4.79 Å². The maximum Gasteiger partial charge on any atom is 0.306 e. The zero-order valence-corrected chi connectivity index (χ0v) is 12.2. The van der Waals surface area contributed by atoms with Gasteiger partial charge in [-0.2, -0.15) is 0 Å². The number of carboxylic acid groups (broad SMARTS) is 1. The van der Waals surface area contributed by atoms with Gasteiger partial charge >= 0.3 is 5.97 Å². The van der Waals surface area contributed by atoms with Gasteiger partial charge in [-0.05, 0) is 50.0 Å². The predicted octanol–water partition coefficient (Wildman–Crippen LogP) is 2.94. The SMILES string of the molecule is CCC(c1ccc(OC)cc1)N1CCC(C(=O)O)CC1. The molecule has 1 heterocycles. The minimum atomic E-state index is -0.651. The van der Waals surface area contributed by atoms with Crippen molar-refractivity contribution >= 4 is 5.97 Å². The smallest absolute Gasteiger partial charge is 0.306 e. The van der Waals surface area contributed by atoms with Crippen LogP contribution in [0.1, 0.15) is 37.8 Å². The molecule has 1 aromatic rings. The van der Waals surface area contributed by atoms with Crippen molar-refractivity contribution in [3.05, 3.63) is 29.8 Å². The summed E-state index contributed by atoms with van der Waals surface area (Å²) in [5.41, 5.74) is 1.28.